The molecule has 3 aromatic carbocycles. The fourth-order valence-electron chi connectivity index (χ4n) is 3.32. The molecule has 0 unspecified atom stereocenters. The number of carbonyl (C=O) groups is 2. The number of nitro groups is 1. The van der Waals surface area contributed by atoms with Crippen molar-refractivity contribution in [3.8, 4) is 0 Å². The van der Waals surface area contributed by atoms with Crippen molar-refractivity contribution in [1.29, 1.82) is 0 Å². The molecular weight excluding hydrogens is 384 g/mol. The first-order valence-corrected chi connectivity index (χ1v) is 9.32. The highest BCUT2D eigenvalue weighted by Crippen LogP contribution is 2.28. The van der Waals surface area contributed by atoms with E-state index in [0.29, 0.717) is 5.56 Å². The number of carboxylic acids is 1. The van der Waals surface area contributed by atoms with Crippen molar-refractivity contribution in [2.45, 2.75) is 18.4 Å². The summed E-state index contributed by atoms with van der Waals surface area (Å²) in [5.41, 5.74) is 1.71. The molecule has 7 heteroatoms. The Bertz CT molecular complexity index is 998. The molecule has 7 nitrogen and oxygen atoms in total. The zero-order valence-corrected chi connectivity index (χ0v) is 16.0. The van der Waals surface area contributed by atoms with Gasteiger partial charge in [-0.3, -0.25) is 19.7 Å². The third-order valence-corrected chi connectivity index (χ3v) is 4.71. The predicted octanol–water partition coefficient (Wildman–Crippen LogP) is 4.06. The van der Waals surface area contributed by atoms with Gasteiger partial charge in [0.15, 0.2) is 0 Å². The third kappa shape index (κ3) is 5.08. The van der Waals surface area contributed by atoms with Crippen LogP contribution in [0, 0.1) is 10.1 Å². The number of amides is 1. The van der Waals surface area contributed by atoms with Crippen LogP contribution >= 0.6 is 0 Å². The van der Waals surface area contributed by atoms with Crippen LogP contribution in [0.15, 0.2) is 84.9 Å². The normalized spacial score (nSPS) is 11.6. The maximum Gasteiger partial charge on any atom is 0.305 e. The zero-order valence-electron chi connectivity index (χ0n) is 16.0. The largest absolute Gasteiger partial charge is 0.481 e. The predicted molar refractivity (Wildman–Crippen MR) is 111 cm³/mol. The van der Waals surface area contributed by atoms with Crippen LogP contribution in [-0.4, -0.2) is 21.9 Å². The first-order chi connectivity index (χ1) is 14.5. The lowest BCUT2D eigenvalue weighted by molar-refractivity contribution is -0.384. The fourth-order valence-corrected chi connectivity index (χ4v) is 3.32. The van der Waals surface area contributed by atoms with Gasteiger partial charge in [0.25, 0.3) is 5.69 Å². The summed E-state index contributed by atoms with van der Waals surface area (Å²) in [4.78, 5) is 35.2. The Balaban J connectivity index is 1.95. The van der Waals surface area contributed by atoms with E-state index in [9.17, 15) is 24.8 Å². The minimum absolute atomic E-state index is 0.167. The lowest BCUT2D eigenvalue weighted by atomic mass is 9.90. The Morgan fingerprint density at radius 2 is 1.40 bits per heavy atom. The molecule has 0 aliphatic heterocycles. The topological polar surface area (TPSA) is 110 Å². The Morgan fingerprint density at radius 1 is 0.867 bits per heavy atom. The molecular formula is C23H20N2O5. The molecule has 0 fully saturated rings. The first-order valence-electron chi connectivity index (χ1n) is 9.32. The van der Waals surface area contributed by atoms with E-state index in [0.717, 1.165) is 11.1 Å². The van der Waals surface area contributed by atoms with Gasteiger partial charge in [0.05, 0.1) is 23.3 Å². The summed E-state index contributed by atoms with van der Waals surface area (Å²) in [6.45, 7) is 0. The Hall–Kier alpha value is -4.00. The second kappa shape index (κ2) is 9.47. The van der Waals surface area contributed by atoms with Crippen LogP contribution < -0.4 is 5.32 Å². The van der Waals surface area contributed by atoms with Crippen molar-refractivity contribution < 1.29 is 19.6 Å². The number of benzene rings is 3. The maximum absolute atomic E-state index is 13.3. The van der Waals surface area contributed by atoms with Gasteiger partial charge in [-0.2, -0.15) is 0 Å². The van der Waals surface area contributed by atoms with Gasteiger partial charge in [0, 0.05) is 12.1 Å². The van der Waals surface area contributed by atoms with Crippen LogP contribution in [0.1, 0.15) is 35.1 Å². The molecule has 2 N–H and O–H groups in total. The molecule has 3 aromatic rings. The molecule has 1 amide bonds. The molecule has 0 heterocycles. The number of rotatable bonds is 8. The summed E-state index contributed by atoms with van der Waals surface area (Å²) in [5.74, 6) is -2.16. The van der Waals surface area contributed by atoms with Gasteiger partial charge in [-0.05, 0) is 16.7 Å². The number of nitro benzene ring substituents is 1. The molecule has 1 atom stereocenters. The smallest absolute Gasteiger partial charge is 0.305 e. The van der Waals surface area contributed by atoms with Crippen LogP contribution in [0.25, 0.3) is 0 Å². The Kier molecular flexibility index (Phi) is 6.54. The molecule has 0 aromatic heterocycles. The molecule has 0 aliphatic rings. The van der Waals surface area contributed by atoms with Gasteiger partial charge in [0.2, 0.25) is 5.91 Å². The SMILES string of the molecule is O=C(O)C[C@H](NC(=O)C(c1ccccc1)c1ccccc1)c1cccc([N+](=O)[O-])c1. The summed E-state index contributed by atoms with van der Waals surface area (Å²) >= 11 is 0. The van der Waals surface area contributed by atoms with Crippen molar-refractivity contribution >= 4 is 17.6 Å². The van der Waals surface area contributed by atoms with Crippen molar-refractivity contribution in [2.24, 2.45) is 0 Å². The van der Waals surface area contributed by atoms with E-state index < -0.39 is 29.3 Å². The highest BCUT2D eigenvalue weighted by molar-refractivity contribution is 5.88. The molecule has 0 saturated heterocycles. The number of non-ortho nitro benzene ring substituents is 1. The second-order valence-electron chi connectivity index (χ2n) is 6.77. The zero-order chi connectivity index (χ0) is 21.5. The number of carboxylic acid groups (broad SMARTS) is 1. The second-order valence-corrected chi connectivity index (χ2v) is 6.77. The number of hydrogen-bond acceptors (Lipinski definition) is 4. The van der Waals surface area contributed by atoms with Crippen molar-refractivity contribution in [1.82, 2.24) is 5.32 Å². The summed E-state index contributed by atoms with van der Waals surface area (Å²) in [6, 6.07) is 23.1. The average molecular weight is 404 g/mol. The summed E-state index contributed by atoms with van der Waals surface area (Å²) < 4.78 is 0. The quantitative estimate of drug-likeness (QED) is 0.435. The highest BCUT2D eigenvalue weighted by Gasteiger charge is 2.27. The monoisotopic (exact) mass is 404 g/mol. The molecule has 152 valence electrons. The average Bonchev–Trinajstić information content (AvgIpc) is 2.75. The molecule has 30 heavy (non-hydrogen) atoms. The minimum Gasteiger partial charge on any atom is -0.481 e. The van der Waals surface area contributed by atoms with E-state index in [1.54, 1.807) is 6.07 Å². The Labute approximate surface area is 173 Å². The van der Waals surface area contributed by atoms with E-state index in [-0.39, 0.29) is 11.6 Å². The molecule has 0 spiro atoms. The third-order valence-electron chi connectivity index (χ3n) is 4.71. The van der Waals surface area contributed by atoms with Crippen LogP contribution in [-0.2, 0) is 9.59 Å². The van der Waals surface area contributed by atoms with Crippen molar-refractivity contribution in [2.75, 3.05) is 0 Å². The van der Waals surface area contributed by atoms with Gasteiger partial charge in [-0.25, -0.2) is 0 Å². The van der Waals surface area contributed by atoms with Crippen LogP contribution in [0.5, 0.6) is 0 Å². The number of carbonyl (C=O) groups excluding carboxylic acids is 1. The summed E-state index contributed by atoms with van der Waals surface area (Å²) in [5, 5.41) is 23.2. The molecule has 0 radical (unpaired) electrons. The highest BCUT2D eigenvalue weighted by atomic mass is 16.6. The number of nitrogens with one attached hydrogen (secondary N) is 1. The Morgan fingerprint density at radius 3 is 1.90 bits per heavy atom. The lowest BCUT2D eigenvalue weighted by Crippen LogP contribution is -2.34. The van der Waals surface area contributed by atoms with Gasteiger partial charge < -0.3 is 10.4 Å². The minimum atomic E-state index is -1.12. The van der Waals surface area contributed by atoms with E-state index in [4.69, 9.17) is 0 Å². The molecule has 3 rings (SSSR count). The summed E-state index contributed by atoms with van der Waals surface area (Å²) in [7, 11) is 0. The lowest BCUT2D eigenvalue weighted by Gasteiger charge is -2.23. The molecule has 0 saturated carbocycles. The van der Waals surface area contributed by atoms with Gasteiger partial charge in [-0.15, -0.1) is 0 Å². The molecule has 0 aliphatic carbocycles. The van der Waals surface area contributed by atoms with Gasteiger partial charge in [-0.1, -0.05) is 72.8 Å². The number of nitrogens with zero attached hydrogens (tertiary/aromatic N) is 1. The van der Waals surface area contributed by atoms with Gasteiger partial charge in [0.1, 0.15) is 0 Å². The van der Waals surface area contributed by atoms with E-state index in [2.05, 4.69) is 5.32 Å². The standard InChI is InChI=1S/C23H20N2O5/c26-21(27)15-20(18-12-7-13-19(14-18)25(29)30)24-23(28)22(16-8-3-1-4-9-16)17-10-5-2-6-11-17/h1-14,20,22H,15H2,(H,24,28)(H,26,27)/t20-/m0/s1. The maximum atomic E-state index is 13.3. The van der Waals surface area contributed by atoms with Crippen molar-refractivity contribution in [3.05, 3.63) is 112 Å². The van der Waals surface area contributed by atoms with Crippen LogP contribution in [0.2, 0.25) is 0 Å². The van der Waals surface area contributed by atoms with Crippen molar-refractivity contribution in [3.63, 3.8) is 0 Å². The number of hydrogen-bond donors (Lipinski definition) is 2. The fraction of sp³-hybridized carbons (Fsp3) is 0.130. The van der Waals surface area contributed by atoms with Gasteiger partial charge >= 0.3 is 5.97 Å². The van der Waals surface area contributed by atoms with E-state index >= 15 is 0 Å². The van der Waals surface area contributed by atoms with E-state index in [1.165, 1.54) is 18.2 Å². The van der Waals surface area contributed by atoms with Crippen LogP contribution in [0.4, 0.5) is 5.69 Å². The summed E-state index contributed by atoms with van der Waals surface area (Å²) in [6.07, 6.45) is -0.400. The van der Waals surface area contributed by atoms with Crippen LogP contribution in [0.3, 0.4) is 0 Å². The van der Waals surface area contributed by atoms with E-state index in [1.807, 2.05) is 60.7 Å². The first kappa shape index (κ1) is 20.7. The molecule has 0 bridgehead atoms. The number of aliphatic carboxylic acids is 1.